The Morgan fingerprint density at radius 3 is 3.00 bits per heavy atom. The molecule has 2 heterocycles. The van der Waals surface area contributed by atoms with Crippen LogP contribution in [0, 0.1) is 0 Å². The quantitative estimate of drug-likeness (QED) is 0.838. The van der Waals surface area contributed by atoms with Gasteiger partial charge in [-0.1, -0.05) is 19.4 Å². The topological polar surface area (TPSA) is 39.4 Å². The van der Waals surface area contributed by atoms with Crippen LogP contribution in [0.5, 0.6) is 5.75 Å². The summed E-state index contributed by atoms with van der Waals surface area (Å²) in [5.74, 6) is 2.48. The fourth-order valence-corrected chi connectivity index (χ4v) is 3.04. The number of methoxy groups -OCH3 is 1. The Balaban J connectivity index is 2.09. The highest BCUT2D eigenvalue weighted by atomic mass is 16.5. The standard InChI is InChI=1S/C17H23N3O/c1-3-4-11-20-14-8-5-9-15(21-2)16(14)19-17(20)13-7-6-10-18-12-13/h5,8-10,13H,3-4,6-7,11-12H2,1-2H3/t13-/m1/s1. The average Bonchev–Trinajstić information content (AvgIpc) is 2.92. The van der Waals surface area contributed by atoms with Gasteiger partial charge in [-0.2, -0.15) is 0 Å². The molecule has 0 unspecified atom stereocenters. The maximum absolute atomic E-state index is 5.48. The summed E-state index contributed by atoms with van der Waals surface area (Å²) in [6.45, 7) is 4.11. The van der Waals surface area contributed by atoms with E-state index in [-0.39, 0.29) is 0 Å². The van der Waals surface area contributed by atoms with E-state index >= 15 is 0 Å². The normalized spacial score (nSPS) is 18.3. The maximum Gasteiger partial charge on any atom is 0.146 e. The molecule has 21 heavy (non-hydrogen) atoms. The number of unbranched alkanes of at least 4 members (excludes halogenated alkanes) is 1. The third-order valence-corrected chi connectivity index (χ3v) is 4.19. The predicted octanol–water partition coefficient (Wildman–Crippen LogP) is 3.79. The van der Waals surface area contributed by atoms with Crippen molar-refractivity contribution in [3.8, 4) is 5.75 Å². The minimum atomic E-state index is 0.434. The first-order chi connectivity index (χ1) is 10.3. The molecule has 0 saturated heterocycles. The van der Waals surface area contributed by atoms with Crippen molar-refractivity contribution in [3.63, 3.8) is 0 Å². The molecule has 0 bridgehead atoms. The third-order valence-electron chi connectivity index (χ3n) is 4.19. The van der Waals surface area contributed by atoms with Gasteiger partial charge in [0.2, 0.25) is 0 Å². The molecule has 2 aromatic rings. The molecule has 4 nitrogen and oxygen atoms in total. The Bertz CT molecular complexity index is 645. The molecule has 1 aliphatic rings. The summed E-state index contributed by atoms with van der Waals surface area (Å²) in [6.07, 6.45) is 6.59. The Kier molecular flexibility index (Phi) is 4.23. The predicted molar refractivity (Wildman–Crippen MR) is 86.5 cm³/mol. The fourth-order valence-electron chi connectivity index (χ4n) is 3.04. The number of ether oxygens (including phenoxy) is 1. The van der Waals surface area contributed by atoms with Crippen LogP contribution in [-0.4, -0.2) is 29.4 Å². The fraction of sp³-hybridized carbons (Fsp3) is 0.529. The van der Waals surface area contributed by atoms with E-state index in [2.05, 4.69) is 22.5 Å². The van der Waals surface area contributed by atoms with Crippen molar-refractivity contribution >= 4 is 17.2 Å². The molecule has 4 heteroatoms. The zero-order valence-corrected chi connectivity index (χ0v) is 12.9. The molecule has 1 aromatic carbocycles. The Morgan fingerprint density at radius 1 is 1.38 bits per heavy atom. The van der Waals surface area contributed by atoms with Gasteiger partial charge in [0.25, 0.3) is 0 Å². The average molecular weight is 285 g/mol. The number of nitrogens with zero attached hydrogens (tertiary/aromatic N) is 3. The van der Waals surface area contributed by atoms with Crippen molar-refractivity contribution in [2.45, 2.75) is 45.1 Å². The lowest BCUT2D eigenvalue weighted by molar-refractivity contribution is 0.419. The summed E-state index contributed by atoms with van der Waals surface area (Å²) in [7, 11) is 1.71. The lowest BCUT2D eigenvalue weighted by atomic mass is 10.0. The van der Waals surface area contributed by atoms with Crippen LogP contribution in [0.25, 0.3) is 11.0 Å². The number of hydrogen-bond acceptors (Lipinski definition) is 3. The van der Waals surface area contributed by atoms with Gasteiger partial charge in [0, 0.05) is 19.0 Å². The summed E-state index contributed by atoms with van der Waals surface area (Å²) in [4.78, 5) is 9.38. The van der Waals surface area contributed by atoms with Crippen LogP contribution >= 0.6 is 0 Å². The van der Waals surface area contributed by atoms with Gasteiger partial charge in [0.1, 0.15) is 17.1 Å². The summed E-state index contributed by atoms with van der Waals surface area (Å²) < 4.78 is 7.86. The van der Waals surface area contributed by atoms with E-state index < -0.39 is 0 Å². The van der Waals surface area contributed by atoms with Crippen molar-refractivity contribution in [2.75, 3.05) is 13.7 Å². The Labute approximate surface area is 125 Å². The van der Waals surface area contributed by atoms with Gasteiger partial charge >= 0.3 is 0 Å². The molecule has 0 N–H and O–H groups in total. The minimum Gasteiger partial charge on any atom is -0.494 e. The highest BCUT2D eigenvalue weighted by molar-refractivity contribution is 5.82. The zero-order chi connectivity index (χ0) is 14.7. The molecular formula is C17H23N3O. The largest absolute Gasteiger partial charge is 0.494 e. The molecule has 0 saturated carbocycles. The van der Waals surface area contributed by atoms with E-state index in [1.165, 1.54) is 24.2 Å². The van der Waals surface area contributed by atoms with Gasteiger partial charge in [0.15, 0.2) is 0 Å². The van der Waals surface area contributed by atoms with E-state index in [0.717, 1.165) is 37.2 Å². The van der Waals surface area contributed by atoms with Gasteiger partial charge in [-0.05, 0) is 37.6 Å². The molecule has 112 valence electrons. The smallest absolute Gasteiger partial charge is 0.146 e. The molecule has 0 amide bonds. The van der Waals surface area contributed by atoms with Gasteiger partial charge in [0.05, 0.1) is 12.6 Å². The Morgan fingerprint density at radius 2 is 2.29 bits per heavy atom. The number of benzene rings is 1. The van der Waals surface area contributed by atoms with Gasteiger partial charge in [-0.15, -0.1) is 0 Å². The van der Waals surface area contributed by atoms with E-state index in [1.54, 1.807) is 7.11 Å². The van der Waals surface area contributed by atoms with Crippen molar-refractivity contribution in [2.24, 2.45) is 4.99 Å². The molecule has 0 aliphatic carbocycles. The second-order valence-electron chi connectivity index (χ2n) is 5.63. The number of rotatable bonds is 5. The third kappa shape index (κ3) is 2.67. The van der Waals surface area contributed by atoms with E-state index in [9.17, 15) is 0 Å². The Hall–Kier alpha value is -1.84. The van der Waals surface area contributed by atoms with E-state index in [1.807, 2.05) is 18.3 Å². The van der Waals surface area contributed by atoms with Crippen molar-refractivity contribution in [1.82, 2.24) is 9.55 Å². The van der Waals surface area contributed by atoms with Crippen LogP contribution in [0.2, 0.25) is 0 Å². The van der Waals surface area contributed by atoms with Crippen molar-refractivity contribution in [3.05, 3.63) is 24.0 Å². The summed E-state index contributed by atoms with van der Waals surface area (Å²) >= 11 is 0. The molecule has 0 spiro atoms. The second-order valence-corrected chi connectivity index (χ2v) is 5.63. The molecule has 0 fully saturated rings. The van der Waals surface area contributed by atoms with Crippen LogP contribution in [-0.2, 0) is 6.54 Å². The minimum absolute atomic E-state index is 0.434. The molecule has 3 rings (SSSR count). The SMILES string of the molecule is CCCCn1c([C@@H]2CCC=NC2)nc2c(OC)cccc21. The van der Waals surface area contributed by atoms with Crippen LogP contribution in [0.15, 0.2) is 23.2 Å². The summed E-state index contributed by atoms with van der Waals surface area (Å²) in [5, 5.41) is 0. The first kappa shape index (κ1) is 14.1. The number of para-hydroxylation sites is 1. The van der Waals surface area contributed by atoms with Gasteiger partial charge in [-0.3, -0.25) is 4.99 Å². The molecule has 0 radical (unpaired) electrons. The first-order valence-electron chi connectivity index (χ1n) is 7.86. The number of aromatic nitrogens is 2. The number of aliphatic imine (C=N–C) groups is 1. The number of imidazole rings is 1. The van der Waals surface area contributed by atoms with Gasteiger partial charge in [-0.25, -0.2) is 4.98 Å². The van der Waals surface area contributed by atoms with E-state index in [0.29, 0.717) is 5.92 Å². The zero-order valence-electron chi connectivity index (χ0n) is 12.9. The number of fused-ring (bicyclic) bond motifs is 1. The summed E-state index contributed by atoms with van der Waals surface area (Å²) in [5.41, 5.74) is 2.17. The van der Waals surface area contributed by atoms with Gasteiger partial charge < -0.3 is 9.30 Å². The van der Waals surface area contributed by atoms with Crippen molar-refractivity contribution in [1.29, 1.82) is 0 Å². The van der Waals surface area contributed by atoms with Crippen LogP contribution in [0.4, 0.5) is 0 Å². The lowest BCUT2D eigenvalue weighted by Gasteiger charge is -2.18. The second kappa shape index (κ2) is 6.29. The molecule has 1 aromatic heterocycles. The number of hydrogen-bond donors (Lipinski definition) is 0. The van der Waals surface area contributed by atoms with Crippen LogP contribution in [0.1, 0.15) is 44.3 Å². The molecule has 1 aliphatic heterocycles. The maximum atomic E-state index is 5.48. The number of aryl methyl sites for hydroxylation is 1. The lowest BCUT2D eigenvalue weighted by Crippen LogP contribution is -2.15. The first-order valence-corrected chi connectivity index (χ1v) is 7.86. The monoisotopic (exact) mass is 285 g/mol. The van der Waals surface area contributed by atoms with Crippen LogP contribution < -0.4 is 4.74 Å². The van der Waals surface area contributed by atoms with Crippen LogP contribution in [0.3, 0.4) is 0 Å². The molecule has 1 atom stereocenters. The highest BCUT2D eigenvalue weighted by Crippen LogP contribution is 2.31. The highest BCUT2D eigenvalue weighted by Gasteiger charge is 2.22. The van der Waals surface area contributed by atoms with E-state index in [4.69, 9.17) is 9.72 Å². The van der Waals surface area contributed by atoms with Crippen molar-refractivity contribution < 1.29 is 4.74 Å². The summed E-state index contributed by atoms with van der Waals surface area (Å²) in [6, 6.07) is 6.19. The molecular weight excluding hydrogens is 262 g/mol.